The van der Waals surface area contributed by atoms with Crippen LogP contribution in [0.2, 0.25) is 0 Å². The van der Waals surface area contributed by atoms with E-state index in [9.17, 15) is 4.79 Å². The van der Waals surface area contributed by atoms with Gasteiger partial charge in [0.2, 0.25) is 0 Å². The molecule has 2 saturated carbocycles. The smallest absolute Gasteiger partial charge is 0.254 e. The average molecular weight is 259 g/mol. The lowest BCUT2D eigenvalue weighted by atomic mass is 10.2. The molecule has 2 aliphatic rings. The lowest BCUT2D eigenvalue weighted by molar-refractivity contribution is 0.0734. The number of aryl methyl sites for hydroxylation is 1. The molecule has 2 aliphatic carbocycles. The van der Waals surface area contributed by atoms with E-state index in [0.717, 1.165) is 29.5 Å². The average Bonchev–Trinajstić information content (AvgIpc) is 3.27. The third kappa shape index (κ3) is 2.88. The number of pyridine rings is 1. The fourth-order valence-corrected chi connectivity index (χ4v) is 2.45. The van der Waals surface area contributed by atoms with Crippen LogP contribution >= 0.6 is 0 Å². The van der Waals surface area contributed by atoms with E-state index in [1.807, 2.05) is 26.1 Å². The predicted molar refractivity (Wildman–Crippen MR) is 75.3 cm³/mol. The molecule has 4 nitrogen and oxygen atoms in total. The van der Waals surface area contributed by atoms with Crippen molar-refractivity contribution >= 4 is 11.7 Å². The SMILES string of the molecule is CNc1cc(C(=O)N(CC2CC2)C2CC2)cc(C)n1. The molecule has 0 spiro atoms. The molecular formula is C15H21N3O. The van der Waals surface area contributed by atoms with Crippen LogP contribution in [0.15, 0.2) is 12.1 Å². The summed E-state index contributed by atoms with van der Waals surface area (Å²) in [6.45, 7) is 2.87. The molecule has 2 fully saturated rings. The van der Waals surface area contributed by atoms with E-state index in [-0.39, 0.29) is 5.91 Å². The van der Waals surface area contributed by atoms with Crippen molar-refractivity contribution < 1.29 is 4.79 Å². The summed E-state index contributed by atoms with van der Waals surface area (Å²) in [7, 11) is 1.83. The molecule has 102 valence electrons. The Morgan fingerprint density at radius 1 is 1.37 bits per heavy atom. The van der Waals surface area contributed by atoms with E-state index < -0.39 is 0 Å². The van der Waals surface area contributed by atoms with E-state index in [2.05, 4.69) is 15.2 Å². The summed E-state index contributed by atoms with van der Waals surface area (Å²) >= 11 is 0. The third-order valence-electron chi connectivity index (χ3n) is 3.86. The number of anilines is 1. The number of hydrogen-bond donors (Lipinski definition) is 1. The van der Waals surface area contributed by atoms with Gasteiger partial charge in [-0.25, -0.2) is 4.98 Å². The van der Waals surface area contributed by atoms with Crippen LogP contribution in [-0.4, -0.2) is 35.4 Å². The first-order valence-electron chi connectivity index (χ1n) is 7.15. The summed E-state index contributed by atoms with van der Waals surface area (Å²) in [5.41, 5.74) is 1.65. The highest BCUT2D eigenvalue weighted by Crippen LogP contribution is 2.35. The molecule has 0 unspecified atom stereocenters. The Labute approximate surface area is 114 Å². The first-order chi connectivity index (χ1) is 9.17. The summed E-state index contributed by atoms with van der Waals surface area (Å²) in [5, 5.41) is 3.02. The van der Waals surface area contributed by atoms with Crippen LogP contribution in [0.5, 0.6) is 0 Å². The van der Waals surface area contributed by atoms with Gasteiger partial charge < -0.3 is 10.2 Å². The quantitative estimate of drug-likeness (QED) is 0.883. The fraction of sp³-hybridized carbons (Fsp3) is 0.600. The highest BCUT2D eigenvalue weighted by atomic mass is 16.2. The molecule has 3 rings (SSSR count). The van der Waals surface area contributed by atoms with Crippen molar-refractivity contribution in [3.05, 3.63) is 23.4 Å². The lowest BCUT2D eigenvalue weighted by Gasteiger charge is -2.22. The van der Waals surface area contributed by atoms with E-state index in [1.54, 1.807) is 0 Å². The van der Waals surface area contributed by atoms with Crippen molar-refractivity contribution in [2.45, 2.75) is 38.6 Å². The summed E-state index contributed by atoms with van der Waals surface area (Å²) in [5.74, 6) is 1.69. The van der Waals surface area contributed by atoms with Crippen molar-refractivity contribution in [3.63, 3.8) is 0 Å². The normalized spacial score (nSPS) is 18.2. The highest BCUT2D eigenvalue weighted by molar-refractivity contribution is 5.95. The number of nitrogens with zero attached hydrogens (tertiary/aromatic N) is 2. The Balaban J connectivity index is 1.81. The van der Waals surface area contributed by atoms with Gasteiger partial charge in [0.05, 0.1) is 0 Å². The molecule has 0 radical (unpaired) electrons. The van der Waals surface area contributed by atoms with Gasteiger partial charge in [-0.05, 0) is 50.7 Å². The van der Waals surface area contributed by atoms with Gasteiger partial charge in [0.25, 0.3) is 5.91 Å². The van der Waals surface area contributed by atoms with Crippen molar-refractivity contribution in [1.29, 1.82) is 0 Å². The Morgan fingerprint density at radius 2 is 2.11 bits per heavy atom. The first-order valence-corrected chi connectivity index (χ1v) is 7.15. The number of hydrogen-bond acceptors (Lipinski definition) is 3. The van der Waals surface area contributed by atoms with Crippen LogP contribution < -0.4 is 5.32 Å². The number of aromatic nitrogens is 1. The van der Waals surface area contributed by atoms with Gasteiger partial charge in [-0.3, -0.25) is 4.79 Å². The molecule has 1 aromatic rings. The second kappa shape index (κ2) is 4.83. The van der Waals surface area contributed by atoms with Gasteiger partial charge in [0.1, 0.15) is 5.82 Å². The molecule has 1 aromatic heterocycles. The molecule has 0 saturated heterocycles. The maximum Gasteiger partial charge on any atom is 0.254 e. The molecule has 4 heteroatoms. The molecule has 0 aromatic carbocycles. The van der Waals surface area contributed by atoms with Gasteiger partial charge in [-0.1, -0.05) is 0 Å². The number of amides is 1. The molecule has 0 atom stereocenters. The van der Waals surface area contributed by atoms with E-state index in [0.29, 0.717) is 6.04 Å². The van der Waals surface area contributed by atoms with Crippen molar-refractivity contribution in [1.82, 2.24) is 9.88 Å². The van der Waals surface area contributed by atoms with Crippen molar-refractivity contribution in [2.75, 3.05) is 18.9 Å². The van der Waals surface area contributed by atoms with Crippen LogP contribution in [0.4, 0.5) is 5.82 Å². The second-order valence-corrected chi connectivity index (χ2v) is 5.76. The lowest BCUT2D eigenvalue weighted by Crippen LogP contribution is -2.35. The Kier molecular flexibility index (Phi) is 3.17. The van der Waals surface area contributed by atoms with Crippen LogP contribution in [-0.2, 0) is 0 Å². The van der Waals surface area contributed by atoms with Crippen molar-refractivity contribution in [2.24, 2.45) is 5.92 Å². The van der Waals surface area contributed by atoms with Crippen LogP contribution in [0, 0.1) is 12.8 Å². The molecule has 0 aliphatic heterocycles. The number of carbonyl (C=O) groups is 1. The number of carbonyl (C=O) groups excluding carboxylic acids is 1. The van der Waals surface area contributed by atoms with Crippen LogP contribution in [0.3, 0.4) is 0 Å². The monoisotopic (exact) mass is 259 g/mol. The molecule has 1 N–H and O–H groups in total. The highest BCUT2D eigenvalue weighted by Gasteiger charge is 2.36. The molecule has 0 bridgehead atoms. The van der Waals surface area contributed by atoms with E-state index >= 15 is 0 Å². The summed E-state index contributed by atoms with van der Waals surface area (Å²) in [6, 6.07) is 4.24. The second-order valence-electron chi connectivity index (χ2n) is 5.76. The number of rotatable bonds is 5. The Morgan fingerprint density at radius 3 is 2.68 bits per heavy atom. The largest absolute Gasteiger partial charge is 0.373 e. The minimum absolute atomic E-state index is 0.177. The van der Waals surface area contributed by atoms with Crippen molar-refractivity contribution in [3.8, 4) is 0 Å². The van der Waals surface area contributed by atoms with Crippen LogP contribution in [0.25, 0.3) is 0 Å². The molecular weight excluding hydrogens is 238 g/mol. The Hall–Kier alpha value is -1.58. The zero-order chi connectivity index (χ0) is 13.4. The van der Waals surface area contributed by atoms with Gasteiger partial charge in [0, 0.05) is 30.9 Å². The zero-order valence-electron chi connectivity index (χ0n) is 11.6. The fourth-order valence-electron chi connectivity index (χ4n) is 2.45. The topological polar surface area (TPSA) is 45.2 Å². The first kappa shape index (κ1) is 12.5. The minimum Gasteiger partial charge on any atom is -0.373 e. The summed E-state index contributed by atoms with van der Waals surface area (Å²) in [6.07, 6.45) is 4.91. The molecule has 1 heterocycles. The van der Waals surface area contributed by atoms with Gasteiger partial charge >= 0.3 is 0 Å². The standard InChI is InChI=1S/C15H21N3O/c1-10-7-12(8-14(16-2)17-10)15(19)18(13-5-6-13)9-11-3-4-11/h7-8,11,13H,3-6,9H2,1-2H3,(H,16,17). The maximum atomic E-state index is 12.7. The van der Waals surface area contributed by atoms with Gasteiger partial charge in [-0.15, -0.1) is 0 Å². The predicted octanol–water partition coefficient (Wildman–Crippen LogP) is 2.45. The zero-order valence-corrected chi connectivity index (χ0v) is 11.6. The number of nitrogens with one attached hydrogen (secondary N) is 1. The van der Waals surface area contributed by atoms with Crippen LogP contribution in [0.1, 0.15) is 41.7 Å². The molecule has 19 heavy (non-hydrogen) atoms. The maximum absolute atomic E-state index is 12.7. The Bertz CT molecular complexity index is 492. The van der Waals surface area contributed by atoms with E-state index in [4.69, 9.17) is 0 Å². The van der Waals surface area contributed by atoms with E-state index in [1.165, 1.54) is 25.7 Å². The third-order valence-corrected chi connectivity index (χ3v) is 3.86. The van der Waals surface area contributed by atoms with Gasteiger partial charge in [0.15, 0.2) is 0 Å². The minimum atomic E-state index is 0.177. The molecule has 1 amide bonds. The van der Waals surface area contributed by atoms with Gasteiger partial charge in [-0.2, -0.15) is 0 Å². The summed E-state index contributed by atoms with van der Waals surface area (Å²) < 4.78 is 0. The summed E-state index contributed by atoms with van der Waals surface area (Å²) in [4.78, 5) is 19.1.